The van der Waals surface area contributed by atoms with Gasteiger partial charge in [-0.2, -0.15) is 0 Å². The molecule has 130 valence electrons. The molecule has 1 aliphatic rings. The molecule has 0 aliphatic carbocycles. The molecule has 0 radical (unpaired) electrons. The van der Waals surface area contributed by atoms with Gasteiger partial charge in [0.15, 0.2) is 6.61 Å². The summed E-state index contributed by atoms with van der Waals surface area (Å²) in [5.41, 5.74) is 1.16. The van der Waals surface area contributed by atoms with Crippen LogP contribution in [0.4, 0.5) is 0 Å². The van der Waals surface area contributed by atoms with Gasteiger partial charge in [0.05, 0.1) is 5.52 Å². The molecule has 1 aromatic heterocycles. The summed E-state index contributed by atoms with van der Waals surface area (Å²) in [6.07, 6.45) is 2.10. The zero-order valence-corrected chi connectivity index (χ0v) is 14.9. The maximum absolute atomic E-state index is 12.3. The van der Waals surface area contributed by atoms with Gasteiger partial charge in [-0.3, -0.25) is 4.79 Å². The van der Waals surface area contributed by atoms with E-state index < -0.39 is 0 Å². The fraction of sp³-hybridized carbons (Fsp3) is 0.526. The Balaban J connectivity index is 1.67. The molecule has 5 nitrogen and oxygen atoms in total. The third-order valence-electron chi connectivity index (χ3n) is 4.54. The number of rotatable bonds is 5. The molecule has 0 N–H and O–H groups in total. The van der Waals surface area contributed by atoms with Crippen LogP contribution < -0.4 is 4.74 Å². The molecule has 5 heteroatoms. The van der Waals surface area contributed by atoms with Crippen LogP contribution in [0.5, 0.6) is 5.75 Å². The van der Waals surface area contributed by atoms with E-state index in [1.807, 2.05) is 17.0 Å². The van der Waals surface area contributed by atoms with Crippen LogP contribution in [0.25, 0.3) is 10.9 Å². The number of fused-ring (bicyclic) bond motifs is 1. The molecule has 0 unspecified atom stereocenters. The van der Waals surface area contributed by atoms with Crippen LogP contribution in [0.1, 0.15) is 13.8 Å². The van der Waals surface area contributed by atoms with E-state index in [9.17, 15) is 4.79 Å². The average Bonchev–Trinajstić information content (AvgIpc) is 2.96. The number of ether oxygens (including phenoxy) is 1. The van der Waals surface area contributed by atoms with Crippen LogP contribution in [0.15, 0.2) is 30.5 Å². The Bertz CT molecular complexity index is 700. The quantitative estimate of drug-likeness (QED) is 0.846. The lowest BCUT2D eigenvalue weighted by atomic mass is 10.2. The number of nitrogens with zero attached hydrogens (tertiary/aromatic N) is 3. The fourth-order valence-corrected chi connectivity index (χ4v) is 3.16. The molecule has 0 spiro atoms. The maximum atomic E-state index is 12.3. The SMILES string of the molecule is CC(C)Cn1ccc2c(OCC(=O)N3CCN(C)CC3)cccc21. The highest BCUT2D eigenvalue weighted by molar-refractivity contribution is 5.87. The van der Waals surface area contributed by atoms with Crippen molar-refractivity contribution < 1.29 is 9.53 Å². The second kappa shape index (κ2) is 7.26. The number of benzene rings is 1. The van der Waals surface area contributed by atoms with Crippen molar-refractivity contribution in [2.45, 2.75) is 20.4 Å². The van der Waals surface area contributed by atoms with E-state index in [0.29, 0.717) is 5.92 Å². The predicted molar refractivity (Wildman–Crippen MR) is 96.3 cm³/mol. The summed E-state index contributed by atoms with van der Waals surface area (Å²) in [6.45, 7) is 8.94. The molecule has 3 rings (SSSR count). The van der Waals surface area contributed by atoms with Gasteiger partial charge in [-0.05, 0) is 31.2 Å². The summed E-state index contributed by atoms with van der Waals surface area (Å²) in [5.74, 6) is 1.45. The van der Waals surface area contributed by atoms with Gasteiger partial charge in [0.1, 0.15) is 5.75 Å². The summed E-state index contributed by atoms with van der Waals surface area (Å²) in [6, 6.07) is 8.12. The Kier molecular flexibility index (Phi) is 5.09. The van der Waals surface area contributed by atoms with Crippen molar-refractivity contribution in [3.63, 3.8) is 0 Å². The molecule has 1 fully saturated rings. The average molecular weight is 329 g/mol. The summed E-state index contributed by atoms with van der Waals surface area (Å²) in [7, 11) is 2.08. The molecular weight excluding hydrogens is 302 g/mol. The molecule has 0 saturated carbocycles. The van der Waals surface area contributed by atoms with Crippen LogP contribution in [0.2, 0.25) is 0 Å². The second-order valence-electron chi connectivity index (χ2n) is 7.02. The largest absolute Gasteiger partial charge is 0.483 e. The standard InChI is InChI=1S/C19H27N3O2/c1-15(2)13-22-8-7-16-17(22)5-4-6-18(16)24-14-19(23)21-11-9-20(3)10-12-21/h4-8,15H,9-14H2,1-3H3. The first-order valence-electron chi connectivity index (χ1n) is 8.71. The normalized spacial score (nSPS) is 16.1. The van der Waals surface area contributed by atoms with Gasteiger partial charge < -0.3 is 19.1 Å². The lowest BCUT2D eigenvalue weighted by Crippen LogP contribution is -2.48. The lowest BCUT2D eigenvalue weighted by Gasteiger charge is -2.32. The van der Waals surface area contributed by atoms with Crippen molar-refractivity contribution >= 4 is 16.8 Å². The fourth-order valence-electron chi connectivity index (χ4n) is 3.16. The lowest BCUT2D eigenvalue weighted by molar-refractivity contribution is -0.134. The van der Waals surface area contributed by atoms with Crippen molar-refractivity contribution in [1.82, 2.24) is 14.4 Å². The number of likely N-dealkylation sites (N-methyl/N-ethyl adjacent to an activating group) is 1. The van der Waals surface area contributed by atoms with E-state index in [4.69, 9.17) is 4.74 Å². The topological polar surface area (TPSA) is 37.7 Å². The molecule has 2 heterocycles. The number of carbonyl (C=O) groups is 1. The van der Waals surface area contributed by atoms with E-state index in [2.05, 4.69) is 48.7 Å². The molecule has 24 heavy (non-hydrogen) atoms. The minimum atomic E-state index is 0.0710. The number of piperazine rings is 1. The van der Waals surface area contributed by atoms with Gasteiger partial charge in [-0.25, -0.2) is 0 Å². The summed E-state index contributed by atoms with van der Waals surface area (Å²) in [5, 5.41) is 1.07. The van der Waals surface area contributed by atoms with Crippen LogP contribution in [0.3, 0.4) is 0 Å². The molecular formula is C19H27N3O2. The molecule has 1 aromatic carbocycles. The van der Waals surface area contributed by atoms with Crippen LogP contribution in [-0.2, 0) is 11.3 Å². The van der Waals surface area contributed by atoms with Gasteiger partial charge in [-0.1, -0.05) is 19.9 Å². The first-order chi connectivity index (χ1) is 11.5. The number of hydrogen-bond acceptors (Lipinski definition) is 3. The van der Waals surface area contributed by atoms with Crippen LogP contribution >= 0.6 is 0 Å². The van der Waals surface area contributed by atoms with Gasteiger partial charge in [0.25, 0.3) is 5.91 Å². The van der Waals surface area contributed by atoms with Gasteiger partial charge in [0, 0.05) is 44.3 Å². The third kappa shape index (κ3) is 3.73. The van der Waals surface area contributed by atoms with Crippen molar-refractivity contribution in [2.24, 2.45) is 5.92 Å². The van der Waals surface area contributed by atoms with Crippen molar-refractivity contribution in [2.75, 3.05) is 39.8 Å². The zero-order chi connectivity index (χ0) is 17.1. The third-order valence-corrected chi connectivity index (χ3v) is 4.54. The summed E-state index contributed by atoms with van der Waals surface area (Å²) < 4.78 is 8.11. The number of hydrogen-bond donors (Lipinski definition) is 0. The van der Waals surface area contributed by atoms with E-state index in [1.165, 1.54) is 0 Å². The second-order valence-corrected chi connectivity index (χ2v) is 7.02. The van der Waals surface area contributed by atoms with E-state index in [-0.39, 0.29) is 12.5 Å². The number of amides is 1. The molecule has 1 saturated heterocycles. The molecule has 1 aliphatic heterocycles. The Labute approximate surface area is 143 Å². The van der Waals surface area contributed by atoms with E-state index in [0.717, 1.165) is 49.4 Å². The van der Waals surface area contributed by atoms with E-state index in [1.54, 1.807) is 0 Å². The Morgan fingerprint density at radius 2 is 1.92 bits per heavy atom. The van der Waals surface area contributed by atoms with Crippen LogP contribution in [0, 0.1) is 5.92 Å². The van der Waals surface area contributed by atoms with Crippen molar-refractivity contribution in [3.05, 3.63) is 30.5 Å². The minimum absolute atomic E-state index is 0.0710. The molecule has 1 amide bonds. The summed E-state index contributed by atoms with van der Waals surface area (Å²) in [4.78, 5) is 16.5. The monoisotopic (exact) mass is 329 g/mol. The van der Waals surface area contributed by atoms with Crippen molar-refractivity contribution in [3.8, 4) is 5.75 Å². The molecule has 0 bridgehead atoms. The van der Waals surface area contributed by atoms with Gasteiger partial charge in [-0.15, -0.1) is 0 Å². The Hall–Kier alpha value is -2.01. The van der Waals surface area contributed by atoms with Gasteiger partial charge in [0.2, 0.25) is 0 Å². The Morgan fingerprint density at radius 3 is 2.62 bits per heavy atom. The molecule has 0 atom stereocenters. The zero-order valence-electron chi connectivity index (χ0n) is 14.9. The van der Waals surface area contributed by atoms with Crippen molar-refractivity contribution in [1.29, 1.82) is 0 Å². The minimum Gasteiger partial charge on any atom is -0.483 e. The maximum Gasteiger partial charge on any atom is 0.260 e. The van der Waals surface area contributed by atoms with Gasteiger partial charge >= 0.3 is 0 Å². The first kappa shape index (κ1) is 16.8. The first-order valence-corrected chi connectivity index (χ1v) is 8.71. The number of carbonyl (C=O) groups excluding carboxylic acids is 1. The highest BCUT2D eigenvalue weighted by atomic mass is 16.5. The summed E-state index contributed by atoms with van der Waals surface area (Å²) >= 11 is 0. The highest BCUT2D eigenvalue weighted by Crippen LogP contribution is 2.27. The smallest absolute Gasteiger partial charge is 0.260 e. The highest BCUT2D eigenvalue weighted by Gasteiger charge is 2.19. The predicted octanol–water partition coefficient (Wildman–Crippen LogP) is 2.45. The van der Waals surface area contributed by atoms with E-state index >= 15 is 0 Å². The van der Waals surface area contributed by atoms with Crippen LogP contribution in [-0.4, -0.2) is 60.1 Å². The molecule has 2 aromatic rings. The number of aromatic nitrogens is 1. The Morgan fingerprint density at radius 1 is 1.17 bits per heavy atom.